The summed E-state index contributed by atoms with van der Waals surface area (Å²) in [6.45, 7) is 4.40. The van der Waals surface area contributed by atoms with Gasteiger partial charge in [-0.25, -0.2) is 0 Å². The van der Waals surface area contributed by atoms with Crippen LogP contribution in [0.15, 0.2) is 36.4 Å². The van der Waals surface area contributed by atoms with Gasteiger partial charge in [0.25, 0.3) is 0 Å². The Morgan fingerprint density at radius 1 is 1.14 bits per heavy atom. The summed E-state index contributed by atoms with van der Waals surface area (Å²) in [6.07, 6.45) is 0.921. The average Bonchev–Trinajstić information content (AvgIpc) is 2.72. The maximum absolute atomic E-state index is 12.0. The number of fused-ring (bicyclic) bond motifs is 1. The fourth-order valence-electron chi connectivity index (χ4n) is 3.95. The number of hydrogen-bond acceptors (Lipinski definition) is 5. The van der Waals surface area contributed by atoms with Crippen LogP contribution in [0.25, 0.3) is 0 Å². The number of rotatable bonds is 8. The van der Waals surface area contributed by atoms with E-state index < -0.39 is 0 Å². The largest absolute Gasteiger partial charge is 0.493 e. The number of hydrogen-bond donors (Lipinski definition) is 1. The quantitative estimate of drug-likeness (QED) is 0.741. The van der Waals surface area contributed by atoms with Crippen LogP contribution in [0.3, 0.4) is 0 Å². The highest BCUT2D eigenvalue weighted by Crippen LogP contribution is 2.38. The van der Waals surface area contributed by atoms with Gasteiger partial charge in [0.05, 0.1) is 20.3 Å². The second-order valence-electron chi connectivity index (χ2n) is 7.37. The summed E-state index contributed by atoms with van der Waals surface area (Å²) in [6, 6.07) is 12.7. The van der Waals surface area contributed by atoms with Crippen molar-refractivity contribution in [3.8, 4) is 11.5 Å². The zero-order valence-electron chi connectivity index (χ0n) is 17.7. The van der Waals surface area contributed by atoms with Gasteiger partial charge in [0.2, 0.25) is 5.91 Å². The molecule has 0 unspecified atom stereocenters. The van der Waals surface area contributed by atoms with Crippen molar-refractivity contribution in [1.29, 1.82) is 0 Å². The highest BCUT2D eigenvalue weighted by Gasteiger charge is 2.29. The summed E-state index contributed by atoms with van der Waals surface area (Å²) in [5, 5.41) is 3.01. The van der Waals surface area contributed by atoms with E-state index in [0.717, 1.165) is 25.3 Å². The van der Waals surface area contributed by atoms with Gasteiger partial charge in [-0.15, -0.1) is 0 Å². The number of carbonyl (C=O) groups excluding carboxylic acids is 1. The minimum absolute atomic E-state index is 0.0416. The van der Waals surface area contributed by atoms with E-state index in [1.165, 1.54) is 29.4 Å². The summed E-state index contributed by atoms with van der Waals surface area (Å²) in [4.78, 5) is 14.4. The molecule has 1 N–H and O–H groups in total. The predicted octanol–water partition coefficient (Wildman–Crippen LogP) is 2.87. The second kappa shape index (κ2) is 9.76. The van der Waals surface area contributed by atoms with E-state index in [1.807, 2.05) is 6.07 Å². The van der Waals surface area contributed by atoms with E-state index in [4.69, 9.17) is 14.2 Å². The molecule has 0 aromatic heterocycles. The van der Waals surface area contributed by atoms with Crippen molar-refractivity contribution >= 4 is 5.91 Å². The molecule has 0 fully saturated rings. The average molecular weight is 399 g/mol. The molecule has 3 rings (SSSR count). The third-order valence-electron chi connectivity index (χ3n) is 5.35. The van der Waals surface area contributed by atoms with Crippen molar-refractivity contribution in [3.05, 3.63) is 58.7 Å². The molecule has 0 radical (unpaired) electrons. The van der Waals surface area contributed by atoms with Crippen LogP contribution in [0.1, 0.15) is 28.3 Å². The Hall–Kier alpha value is -2.57. The third-order valence-corrected chi connectivity index (χ3v) is 5.35. The van der Waals surface area contributed by atoms with E-state index in [9.17, 15) is 4.79 Å². The third kappa shape index (κ3) is 5.08. The SMILES string of the molecule is COCC(=O)NC[C@@H]1c2cc(OC)c(OC)cc2CCN1Cc1cccc(C)c1. The molecule has 1 amide bonds. The maximum Gasteiger partial charge on any atom is 0.246 e. The number of methoxy groups -OCH3 is 3. The van der Waals surface area contributed by atoms with Crippen molar-refractivity contribution in [1.82, 2.24) is 10.2 Å². The maximum atomic E-state index is 12.0. The van der Waals surface area contributed by atoms with Gasteiger partial charge in [-0.2, -0.15) is 0 Å². The Kier molecular flexibility index (Phi) is 7.12. The summed E-state index contributed by atoms with van der Waals surface area (Å²) < 4.78 is 16.0. The minimum Gasteiger partial charge on any atom is -0.493 e. The van der Waals surface area contributed by atoms with Crippen LogP contribution in [0.4, 0.5) is 0 Å². The number of nitrogens with zero attached hydrogens (tertiary/aromatic N) is 1. The monoisotopic (exact) mass is 398 g/mol. The summed E-state index contributed by atoms with van der Waals surface area (Å²) in [5.41, 5.74) is 4.91. The van der Waals surface area contributed by atoms with Crippen molar-refractivity contribution in [2.45, 2.75) is 25.9 Å². The van der Waals surface area contributed by atoms with Crippen LogP contribution < -0.4 is 14.8 Å². The van der Waals surface area contributed by atoms with Gasteiger partial charge in [0, 0.05) is 26.7 Å². The van der Waals surface area contributed by atoms with Crippen LogP contribution in [0.2, 0.25) is 0 Å². The Morgan fingerprint density at radius 3 is 2.59 bits per heavy atom. The standard InChI is InChI=1S/C23H30N2O4/c1-16-6-5-7-17(10-16)14-25-9-8-18-11-21(28-3)22(29-4)12-19(18)20(25)13-24-23(26)15-27-2/h5-7,10-12,20H,8-9,13-15H2,1-4H3,(H,24,26)/t20-/m1/s1. The molecular formula is C23H30N2O4. The number of aryl methyl sites for hydroxylation is 1. The molecule has 1 heterocycles. The lowest BCUT2D eigenvalue weighted by Gasteiger charge is -2.38. The van der Waals surface area contributed by atoms with E-state index in [1.54, 1.807) is 14.2 Å². The van der Waals surface area contributed by atoms with E-state index in [0.29, 0.717) is 12.3 Å². The molecule has 2 aromatic rings. The molecule has 2 aromatic carbocycles. The molecule has 6 nitrogen and oxygen atoms in total. The van der Waals surface area contributed by atoms with Crippen LogP contribution in [-0.2, 0) is 22.5 Å². The number of benzene rings is 2. The van der Waals surface area contributed by atoms with Gasteiger partial charge in [-0.05, 0) is 42.2 Å². The Morgan fingerprint density at radius 2 is 1.90 bits per heavy atom. The molecule has 1 aliphatic heterocycles. The number of ether oxygens (including phenoxy) is 3. The molecule has 1 atom stereocenters. The number of carbonyl (C=O) groups is 1. The summed E-state index contributed by atoms with van der Waals surface area (Å²) in [5.74, 6) is 1.33. The van der Waals surface area contributed by atoms with Gasteiger partial charge < -0.3 is 19.5 Å². The Labute approximate surface area is 172 Å². The van der Waals surface area contributed by atoms with Crippen LogP contribution in [0, 0.1) is 6.92 Å². The molecule has 1 aliphatic rings. The van der Waals surface area contributed by atoms with E-state index in [2.05, 4.69) is 47.5 Å². The van der Waals surface area contributed by atoms with Crippen molar-refractivity contribution < 1.29 is 19.0 Å². The van der Waals surface area contributed by atoms with Crippen LogP contribution >= 0.6 is 0 Å². The minimum atomic E-state index is -0.115. The van der Waals surface area contributed by atoms with Crippen molar-refractivity contribution in [3.63, 3.8) is 0 Å². The molecule has 6 heteroatoms. The molecule has 29 heavy (non-hydrogen) atoms. The lowest BCUT2D eigenvalue weighted by Crippen LogP contribution is -2.42. The van der Waals surface area contributed by atoms with Crippen LogP contribution in [0.5, 0.6) is 11.5 Å². The first kappa shape index (κ1) is 21.1. The van der Waals surface area contributed by atoms with Crippen molar-refractivity contribution in [2.75, 3.05) is 41.0 Å². The fraction of sp³-hybridized carbons (Fsp3) is 0.435. The van der Waals surface area contributed by atoms with Gasteiger partial charge in [-0.3, -0.25) is 9.69 Å². The lowest BCUT2D eigenvalue weighted by molar-refractivity contribution is -0.125. The normalized spacial score (nSPS) is 16.2. The Bertz CT molecular complexity index is 853. The highest BCUT2D eigenvalue weighted by atomic mass is 16.5. The van der Waals surface area contributed by atoms with Gasteiger partial charge in [-0.1, -0.05) is 29.8 Å². The Balaban J connectivity index is 1.91. The van der Waals surface area contributed by atoms with Crippen LogP contribution in [-0.4, -0.2) is 51.8 Å². The highest BCUT2D eigenvalue weighted by molar-refractivity contribution is 5.77. The van der Waals surface area contributed by atoms with E-state index in [-0.39, 0.29) is 18.6 Å². The lowest BCUT2D eigenvalue weighted by atomic mass is 9.91. The molecule has 0 spiro atoms. The number of nitrogens with one attached hydrogen (secondary N) is 1. The molecule has 156 valence electrons. The van der Waals surface area contributed by atoms with Gasteiger partial charge >= 0.3 is 0 Å². The zero-order chi connectivity index (χ0) is 20.8. The molecule has 0 saturated heterocycles. The molecule has 0 saturated carbocycles. The first-order valence-corrected chi connectivity index (χ1v) is 9.85. The molecule has 0 bridgehead atoms. The first-order chi connectivity index (χ1) is 14.0. The predicted molar refractivity (Wildman–Crippen MR) is 112 cm³/mol. The smallest absolute Gasteiger partial charge is 0.246 e. The summed E-state index contributed by atoms with van der Waals surface area (Å²) >= 11 is 0. The van der Waals surface area contributed by atoms with Gasteiger partial charge in [0.15, 0.2) is 11.5 Å². The molecular weight excluding hydrogens is 368 g/mol. The van der Waals surface area contributed by atoms with Gasteiger partial charge in [0.1, 0.15) is 6.61 Å². The topological polar surface area (TPSA) is 60.0 Å². The first-order valence-electron chi connectivity index (χ1n) is 9.85. The fourth-order valence-corrected chi connectivity index (χ4v) is 3.95. The van der Waals surface area contributed by atoms with Crippen molar-refractivity contribution in [2.24, 2.45) is 0 Å². The second-order valence-corrected chi connectivity index (χ2v) is 7.37. The molecule has 0 aliphatic carbocycles. The number of amides is 1. The summed E-state index contributed by atoms with van der Waals surface area (Å²) in [7, 11) is 4.82. The zero-order valence-corrected chi connectivity index (χ0v) is 17.7. The van der Waals surface area contributed by atoms with E-state index >= 15 is 0 Å².